The van der Waals surface area contributed by atoms with Crippen molar-refractivity contribution in [2.75, 3.05) is 38.7 Å². The highest BCUT2D eigenvalue weighted by molar-refractivity contribution is 5.95. The number of hydrogen-bond acceptors (Lipinski definition) is 7. The average molecular weight is 481 g/mol. The Morgan fingerprint density at radius 3 is 2.91 bits per heavy atom. The molecule has 5 rings (SSSR count). The maximum absolute atomic E-state index is 14.5. The van der Waals surface area contributed by atoms with Crippen molar-refractivity contribution in [3.8, 4) is 11.5 Å². The normalized spacial score (nSPS) is 17.5. The van der Waals surface area contributed by atoms with E-state index >= 15 is 0 Å². The first-order valence-corrected chi connectivity index (χ1v) is 11.8. The maximum Gasteiger partial charge on any atom is 0.262 e. The van der Waals surface area contributed by atoms with E-state index in [1.54, 1.807) is 19.4 Å². The number of fused-ring (bicyclic) bond motifs is 2. The van der Waals surface area contributed by atoms with Crippen LogP contribution in [-0.2, 0) is 11.3 Å². The Labute approximate surface area is 203 Å². The van der Waals surface area contributed by atoms with Crippen LogP contribution in [0.4, 0.5) is 10.1 Å². The van der Waals surface area contributed by atoms with Crippen molar-refractivity contribution in [1.29, 1.82) is 0 Å². The van der Waals surface area contributed by atoms with Crippen LogP contribution in [-0.4, -0.2) is 60.3 Å². The van der Waals surface area contributed by atoms with Gasteiger partial charge in [0.2, 0.25) is 0 Å². The van der Waals surface area contributed by atoms with Crippen LogP contribution >= 0.6 is 0 Å². The van der Waals surface area contributed by atoms with Crippen LogP contribution in [0.1, 0.15) is 30.1 Å². The molecule has 8 nitrogen and oxygen atoms in total. The molecule has 1 atom stereocenters. The van der Waals surface area contributed by atoms with Gasteiger partial charge in [-0.1, -0.05) is 0 Å². The van der Waals surface area contributed by atoms with Gasteiger partial charge in [-0.3, -0.25) is 9.78 Å². The number of anilines is 1. The number of methoxy groups -OCH3 is 1. The quantitative estimate of drug-likeness (QED) is 0.479. The van der Waals surface area contributed by atoms with Crippen LogP contribution in [0.3, 0.4) is 0 Å². The third-order valence-electron chi connectivity index (χ3n) is 6.72. The fraction of sp³-hybridized carbons (Fsp3) is 0.385. The van der Waals surface area contributed by atoms with Crippen LogP contribution in [0, 0.1) is 5.82 Å². The number of likely N-dealkylation sites (tertiary alicyclic amines) is 1. The zero-order valence-corrected chi connectivity index (χ0v) is 19.6. The van der Waals surface area contributed by atoms with E-state index in [1.165, 1.54) is 6.07 Å². The molecule has 9 heteroatoms. The highest BCUT2D eigenvalue weighted by Crippen LogP contribution is 2.31. The molecule has 1 fully saturated rings. The maximum atomic E-state index is 14.5. The Hall–Kier alpha value is -3.27. The molecule has 0 aliphatic carbocycles. The molecule has 0 radical (unpaired) electrons. The molecule has 3 N–H and O–H groups in total. The van der Waals surface area contributed by atoms with Crippen LogP contribution in [0.5, 0.6) is 11.5 Å². The lowest BCUT2D eigenvalue weighted by Gasteiger charge is -2.34. The van der Waals surface area contributed by atoms with Crippen LogP contribution in [0.25, 0.3) is 10.9 Å². The van der Waals surface area contributed by atoms with Gasteiger partial charge in [-0.15, -0.1) is 0 Å². The summed E-state index contributed by atoms with van der Waals surface area (Å²) in [6, 6.07) is 10.7. The molecule has 2 aliphatic rings. The van der Waals surface area contributed by atoms with E-state index in [0.717, 1.165) is 48.1 Å². The van der Waals surface area contributed by atoms with Crippen molar-refractivity contribution in [1.82, 2.24) is 15.2 Å². The molecule has 1 unspecified atom stereocenters. The smallest absolute Gasteiger partial charge is 0.262 e. The number of halogens is 1. The van der Waals surface area contributed by atoms with Gasteiger partial charge in [-0.25, -0.2) is 4.39 Å². The predicted octanol–water partition coefficient (Wildman–Crippen LogP) is 3.00. The van der Waals surface area contributed by atoms with E-state index in [1.807, 2.05) is 24.3 Å². The molecule has 1 amide bonds. The van der Waals surface area contributed by atoms with E-state index in [-0.39, 0.29) is 24.4 Å². The number of aliphatic hydroxyl groups excluding tert-OH is 1. The number of carbonyl (C=O) groups excluding carboxylic acids is 1. The van der Waals surface area contributed by atoms with Gasteiger partial charge in [-0.05, 0) is 61.8 Å². The zero-order chi connectivity index (χ0) is 24.4. The minimum Gasteiger partial charge on any atom is -0.497 e. The minimum absolute atomic E-state index is 0.0944. The number of amides is 1. The summed E-state index contributed by atoms with van der Waals surface area (Å²) in [7, 11) is 1.62. The molecule has 2 aliphatic heterocycles. The third kappa shape index (κ3) is 5.22. The summed E-state index contributed by atoms with van der Waals surface area (Å²) in [5, 5.41) is 18.0. The molecule has 184 valence electrons. The summed E-state index contributed by atoms with van der Waals surface area (Å²) in [6.07, 6.45) is 2.87. The Morgan fingerprint density at radius 1 is 1.29 bits per heavy atom. The molecule has 0 saturated carbocycles. The van der Waals surface area contributed by atoms with E-state index in [0.29, 0.717) is 30.1 Å². The molecule has 1 saturated heterocycles. The Bertz CT molecular complexity index is 1230. The van der Waals surface area contributed by atoms with Crippen molar-refractivity contribution in [3.05, 3.63) is 59.5 Å². The minimum atomic E-state index is -0.640. The largest absolute Gasteiger partial charge is 0.497 e. The van der Waals surface area contributed by atoms with E-state index in [4.69, 9.17) is 9.47 Å². The highest BCUT2D eigenvalue weighted by atomic mass is 19.1. The van der Waals surface area contributed by atoms with Gasteiger partial charge in [0.25, 0.3) is 5.91 Å². The number of carbonyl (C=O) groups is 1. The standard InChI is InChI=1S/C26H29FN4O4/c1-34-18-2-3-22-20(11-18)19(4-7-28-22)24(32)14-31-8-5-17(6-9-31)29-13-16-10-23-25(12-21(16)27)35-15-26(33)30-23/h2-4,7,10-12,17,24,29,32H,5-6,8-9,13-15H2,1H3,(H,30,33). The molecule has 0 bridgehead atoms. The van der Waals surface area contributed by atoms with Crippen LogP contribution in [0.2, 0.25) is 0 Å². The number of nitrogens with zero attached hydrogens (tertiary/aromatic N) is 2. The van der Waals surface area contributed by atoms with E-state index in [2.05, 4.69) is 20.5 Å². The lowest BCUT2D eigenvalue weighted by Crippen LogP contribution is -2.43. The first-order valence-electron chi connectivity index (χ1n) is 11.8. The molecule has 3 aromatic rings. The fourth-order valence-electron chi connectivity index (χ4n) is 4.76. The summed E-state index contributed by atoms with van der Waals surface area (Å²) in [6.45, 7) is 2.47. The summed E-state index contributed by atoms with van der Waals surface area (Å²) in [4.78, 5) is 18.2. The van der Waals surface area contributed by atoms with E-state index < -0.39 is 6.10 Å². The topological polar surface area (TPSA) is 96.0 Å². The zero-order valence-electron chi connectivity index (χ0n) is 19.6. The monoisotopic (exact) mass is 480 g/mol. The summed E-state index contributed by atoms with van der Waals surface area (Å²) in [5.74, 6) is 0.500. The number of aliphatic hydroxyl groups is 1. The van der Waals surface area contributed by atoms with Crippen LogP contribution in [0.15, 0.2) is 42.6 Å². The molecule has 3 heterocycles. The first-order chi connectivity index (χ1) is 17.0. The second-order valence-electron chi connectivity index (χ2n) is 9.03. The number of ether oxygens (including phenoxy) is 2. The summed E-state index contributed by atoms with van der Waals surface area (Å²) < 4.78 is 25.1. The Balaban J connectivity index is 1.16. The number of benzene rings is 2. The number of β-amino-alcohol motifs (C(OH)–C–C–N with tert-alkyl or cyclic N) is 1. The molecular weight excluding hydrogens is 451 g/mol. The fourth-order valence-corrected chi connectivity index (χ4v) is 4.76. The second kappa shape index (κ2) is 10.2. The van der Waals surface area contributed by atoms with Crippen molar-refractivity contribution < 1.29 is 23.8 Å². The van der Waals surface area contributed by atoms with Crippen molar-refractivity contribution in [2.45, 2.75) is 31.5 Å². The number of aromatic nitrogens is 1. The summed E-state index contributed by atoms with van der Waals surface area (Å²) in [5.41, 5.74) is 2.66. The SMILES string of the molecule is COc1ccc2nccc(C(O)CN3CCC(NCc4cc5c(cc4F)OCC(=O)N5)CC3)c2c1. The van der Waals surface area contributed by atoms with Gasteiger partial charge < -0.3 is 30.1 Å². The number of piperidine rings is 1. The van der Waals surface area contributed by atoms with Gasteiger partial charge in [0.1, 0.15) is 17.3 Å². The van der Waals surface area contributed by atoms with Gasteiger partial charge in [-0.2, -0.15) is 0 Å². The molecule has 2 aromatic carbocycles. The number of hydrogen-bond donors (Lipinski definition) is 3. The molecular formula is C26H29FN4O4. The average Bonchev–Trinajstić information content (AvgIpc) is 2.87. The molecule has 1 aromatic heterocycles. The van der Waals surface area contributed by atoms with Crippen molar-refractivity contribution in [2.24, 2.45) is 0 Å². The van der Waals surface area contributed by atoms with Crippen LogP contribution < -0.4 is 20.1 Å². The van der Waals surface area contributed by atoms with Gasteiger partial charge in [0.05, 0.1) is 24.4 Å². The van der Waals surface area contributed by atoms with Crippen molar-refractivity contribution >= 4 is 22.5 Å². The Morgan fingerprint density at radius 2 is 2.11 bits per heavy atom. The molecule has 35 heavy (non-hydrogen) atoms. The van der Waals surface area contributed by atoms with Gasteiger partial charge in [0.15, 0.2) is 6.61 Å². The third-order valence-corrected chi connectivity index (χ3v) is 6.72. The predicted molar refractivity (Wildman–Crippen MR) is 130 cm³/mol. The highest BCUT2D eigenvalue weighted by Gasteiger charge is 2.24. The summed E-state index contributed by atoms with van der Waals surface area (Å²) >= 11 is 0. The lowest BCUT2D eigenvalue weighted by atomic mass is 10.0. The lowest BCUT2D eigenvalue weighted by molar-refractivity contribution is -0.118. The van der Waals surface area contributed by atoms with Gasteiger partial charge >= 0.3 is 0 Å². The number of nitrogens with one attached hydrogen (secondary N) is 2. The molecule has 0 spiro atoms. The second-order valence-corrected chi connectivity index (χ2v) is 9.03. The number of rotatable bonds is 7. The first kappa shape index (κ1) is 23.5. The van der Waals surface area contributed by atoms with Gasteiger partial charge in [0, 0.05) is 42.3 Å². The van der Waals surface area contributed by atoms with E-state index in [9.17, 15) is 14.3 Å². The number of pyridine rings is 1. The van der Waals surface area contributed by atoms with Crippen molar-refractivity contribution in [3.63, 3.8) is 0 Å². The Kier molecular flexibility index (Phi) is 6.81.